The van der Waals surface area contributed by atoms with E-state index < -0.39 is 11.9 Å². The van der Waals surface area contributed by atoms with Gasteiger partial charge in [-0.05, 0) is 26.0 Å². The highest BCUT2D eigenvalue weighted by Gasteiger charge is 2.20. The minimum Gasteiger partial charge on any atom is -0.371 e. The third-order valence-corrected chi connectivity index (χ3v) is 3.90. The molecule has 124 valence electrons. The van der Waals surface area contributed by atoms with Crippen molar-refractivity contribution >= 4 is 23.2 Å². The zero-order valence-electron chi connectivity index (χ0n) is 13.4. The zero-order valence-corrected chi connectivity index (χ0v) is 14.1. The number of rotatable bonds is 6. The van der Waals surface area contributed by atoms with Crippen LogP contribution in [0.4, 0.5) is 10.1 Å². The van der Waals surface area contributed by atoms with E-state index in [0.29, 0.717) is 10.6 Å². The summed E-state index contributed by atoms with van der Waals surface area (Å²) in [6.45, 7) is 4.61. The average Bonchev–Trinajstić information content (AvgIpc) is 2.97. The number of benzene rings is 1. The third-order valence-electron chi connectivity index (χ3n) is 3.54. The number of hydrogen-bond donors (Lipinski definition) is 1. The minimum absolute atomic E-state index is 0.116. The summed E-state index contributed by atoms with van der Waals surface area (Å²) >= 11 is 6.00. The number of hydrogen-bond acceptors (Lipinski definition) is 3. The molecule has 2 rings (SSSR count). The Labute approximate surface area is 140 Å². The lowest BCUT2D eigenvalue weighted by Crippen LogP contribution is -2.38. The number of aryl methyl sites for hydroxylation is 1. The molecular formula is C16H20ClFN4O. The van der Waals surface area contributed by atoms with Gasteiger partial charge in [-0.15, -0.1) is 0 Å². The monoisotopic (exact) mass is 338 g/mol. The first-order valence-corrected chi connectivity index (χ1v) is 7.77. The predicted octanol–water partition coefficient (Wildman–Crippen LogP) is 3.15. The number of nitrogens with zero attached hydrogens (tertiary/aromatic N) is 3. The van der Waals surface area contributed by atoms with Gasteiger partial charge in [0.05, 0.1) is 11.9 Å². The van der Waals surface area contributed by atoms with Crippen LogP contribution < -0.4 is 5.32 Å². The van der Waals surface area contributed by atoms with E-state index in [2.05, 4.69) is 10.4 Å². The molecule has 7 heteroatoms. The number of likely N-dealkylation sites (N-methyl/N-ethyl adjacent to an activating group) is 1. The van der Waals surface area contributed by atoms with Gasteiger partial charge in [0, 0.05) is 36.9 Å². The Balaban J connectivity index is 2.01. The number of halogens is 2. The molecule has 1 heterocycles. The number of anilines is 1. The van der Waals surface area contributed by atoms with Gasteiger partial charge in [-0.3, -0.25) is 9.48 Å². The molecule has 1 N–H and O–H groups in total. The molecule has 1 aromatic heterocycles. The quantitative estimate of drug-likeness (QED) is 0.880. The number of nitrogens with one attached hydrogen (secondary N) is 1. The van der Waals surface area contributed by atoms with Crippen LogP contribution in [-0.2, 0) is 17.9 Å². The molecular weight excluding hydrogens is 319 g/mol. The summed E-state index contributed by atoms with van der Waals surface area (Å²) < 4.78 is 15.6. The summed E-state index contributed by atoms with van der Waals surface area (Å²) in [6, 6.07) is 4.03. The fourth-order valence-electron chi connectivity index (χ4n) is 2.25. The molecule has 5 nitrogen and oxygen atoms in total. The lowest BCUT2D eigenvalue weighted by Gasteiger charge is -2.23. The molecule has 1 amide bonds. The molecule has 0 aliphatic rings. The van der Waals surface area contributed by atoms with Crippen molar-refractivity contribution in [1.82, 2.24) is 14.7 Å². The Bertz CT molecular complexity index is 668. The number of amides is 1. The highest BCUT2D eigenvalue weighted by atomic mass is 35.5. The van der Waals surface area contributed by atoms with Gasteiger partial charge < -0.3 is 10.2 Å². The van der Waals surface area contributed by atoms with Crippen molar-refractivity contribution in [1.29, 1.82) is 0 Å². The smallest absolute Gasteiger partial charge is 0.244 e. The van der Waals surface area contributed by atoms with Crippen molar-refractivity contribution in [2.75, 3.05) is 12.4 Å². The van der Waals surface area contributed by atoms with Crippen molar-refractivity contribution in [3.8, 4) is 0 Å². The number of carbonyl (C=O) groups excluding carboxylic acids is 1. The fraction of sp³-hybridized carbons (Fsp3) is 0.375. The maximum atomic E-state index is 13.8. The molecule has 0 saturated carbocycles. The van der Waals surface area contributed by atoms with Crippen molar-refractivity contribution in [3.05, 3.63) is 47.0 Å². The summed E-state index contributed by atoms with van der Waals surface area (Å²) in [5, 5.41) is 7.55. The lowest BCUT2D eigenvalue weighted by molar-refractivity contribution is -0.130. The largest absolute Gasteiger partial charge is 0.371 e. The highest BCUT2D eigenvalue weighted by Crippen LogP contribution is 2.20. The van der Waals surface area contributed by atoms with Gasteiger partial charge in [-0.2, -0.15) is 5.10 Å². The maximum Gasteiger partial charge on any atom is 0.244 e. The third kappa shape index (κ3) is 4.22. The summed E-state index contributed by atoms with van der Waals surface area (Å²) in [5.74, 6) is -0.574. The molecule has 0 saturated heterocycles. The van der Waals surface area contributed by atoms with Gasteiger partial charge in [0.2, 0.25) is 5.91 Å². The highest BCUT2D eigenvalue weighted by molar-refractivity contribution is 6.31. The Morgan fingerprint density at radius 3 is 2.87 bits per heavy atom. The minimum atomic E-state index is -0.458. The lowest BCUT2D eigenvalue weighted by atomic mass is 10.2. The number of carbonyl (C=O) groups is 1. The molecule has 1 atom stereocenters. The second-order valence-corrected chi connectivity index (χ2v) is 5.75. The van der Waals surface area contributed by atoms with Gasteiger partial charge >= 0.3 is 0 Å². The molecule has 1 unspecified atom stereocenters. The van der Waals surface area contributed by atoms with E-state index in [1.54, 1.807) is 37.0 Å². The van der Waals surface area contributed by atoms with Crippen LogP contribution in [0, 0.1) is 5.82 Å². The van der Waals surface area contributed by atoms with Gasteiger partial charge in [0.1, 0.15) is 11.9 Å². The Morgan fingerprint density at radius 1 is 1.52 bits per heavy atom. The van der Waals surface area contributed by atoms with E-state index in [4.69, 9.17) is 11.6 Å². The molecule has 0 aliphatic heterocycles. The fourth-order valence-corrected chi connectivity index (χ4v) is 2.47. The van der Waals surface area contributed by atoms with Crippen LogP contribution in [0.1, 0.15) is 19.4 Å². The zero-order chi connectivity index (χ0) is 17.0. The second kappa shape index (κ2) is 7.46. The van der Waals surface area contributed by atoms with Crippen LogP contribution in [0.2, 0.25) is 5.02 Å². The van der Waals surface area contributed by atoms with Crippen molar-refractivity contribution in [3.63, 3.8) is 0 Å². The molecule has 0 fully saturated rings. The molecule has 0 radical (unpaired) electrons. The standard InChI is InChI=1S/C16H20ClFN4O/c1-4-22-9-12(8-19-22)20-11(2)16(23)21(3)10-13-14(17)6-5-7-15(13)18/h5-9,11,20H,4,10H2,1-3H3. The average molecular weight is 339 g/mol. The van der Waals surface area contributed by atoms with Crippen molar-refractivity contribution in [2.24, 2.45) is 0 Å². The molecule has 1 aromatic carbocycles. The maximum absolute atomic E-state index is 13.8. The van der Waals surface area contributed by atoms with Gasteiger partial charge in [-0.1, -0.05) is 17.7 Å². The van der Waals surface area contributed by atoms with Gasteiger partial charge in [0.25, 0.3) is 0 Å². The van der Waals surface area contributed by atoms with E-state index in [9.17, 15) is 9.18 Å². The van der Waals surface area contributed by atoms with E-state index in [0.717, 1.165) is 12.2 Å². The van der Waals surface area contributed by atoms with E-state index in [-0.39, 0.29) is 12.5 Å². The van der Waals surface area contributed by atoms with E-state index in [1.165, 1.54) is 11.0 Å². The van der Waals surface area contributed by atoms with Crippen LogP contribution >= 0.6 is 11.6 Å². The van der Waals surface area contributed by atoms with Crippen molar-refractivity contribution in [2.45, 2.75) is 33.0 Å². The van der Waals surface area contributed by atoms with Crippen LogP contribution in [0.3, 0.4) is 0 Å². The van der Waals surface area contributed by atoms with Gasteiger partial charge in [-0.25, -0.2) is 4.39 Å². The number of aromatic nitrogens is 2. The Morgan fingerprint density at radius 2 is 2.26 bits per heavy atom. The summed E-state index contributed by atoms with van der Waals surface area (Å²) in [7, 11) is 1.62. The first-order valence-electron chi connectivity index (χ1n) is 7.39. The summed E-state index contributed by atoms with van der Waals surface area (Å²) in [4.78, 5) is 13.9. The topological polar surface area (TPSA) is 50.2 Å². The second-order valence-electron chi connectivity index (χ2n) is 5.35. The van der Waals surface area contributed by atoms with Crippen molar-refractivity contribution < 1.29 is 9.18 Å². The van der Waals surface area contributed by atoms with Crippen LogP contribution in [-0.4, -0.2) is 33.7 Å². The summed E-state index contributed by atoms with van der Waals surface area (Å²) in [6.07, 6.45) is 3.50. The molecule has 0 bridgehead atoms. The molecule has 23 heavy (non-hydrogen) atoms. The first-order chi connectivity index (χ1) is 10.9. The predicted molar refractivity (Wildman–Crippen MR) is 88.9 cm³/mol. The normalized spacial score (nSPS) is 12.0. The Kier molecular flexibility index (Phi) is 5.60. The van der Waals surface area contributed by atoms with Crippen LogP contribution in [0.25, 0.3) is 0 Å². The molecule has 0 aliphatic carbocycles. The van der Waals surface area contributed by atoms with E-state index in [1.807, 2.05) is 13.1 Å². The SMILES string of the molecule is CCn1cc(NC(C)C(=O)N(C)Cc2c(F)cccc2Cl)cn1. The van der Waals surface area contributed by atoms with Gasteiger partial charge in [0.15, 0.2) is 0 Å². The van der Waals surface area contributed by atoms with E-state index >= 15 is 0 Å². The Hall–Kier alpha value is -2.08. The summed E-state index contributed by atoms with van der Waals surface area (Å²) in [5.41, 5.74) is 1.08. The first kappa shape index (κ1) is 17.3. The molecule has 2 aromatic rings. The van der Waals surface area contributed by atoms with Crippen LogP contribution in [0.15, 0.2) is 30.6 Å². The molecule has 0 spiro atoms. The van der Waals surface area contributed by atoms with Crippen LogP contribution in [0.5, 0.6) is 0 Å².